The zero-order valence-electron chi connectivity index (χ0n) is 18.1. The Labute approximate surface area is 176 Å². The van der Waals surface area contributed by atoms with Crippen molar-refractivity contribution in [3.8, 4) is 17.2 Å². The highest BCUT2D eigenvalue weighted by Crippen LogP contribution is 2.44. The molecule has 1 saturated heterocycles. The van der Waals surface area contributed by atoms with Gasteiger partial charge in [0.05, 0.1) is 20.8 Å². The molecule has 0 radical (unpaired) electrons. The number of carbonyl (C=O) groups is 3. The third-order valence-electron chi connectivity index (χ3n) is 5.43. The lowest BCUT2D eigenvalue weighted by Gasteiger charge is -2.45. The Kier molecular flexibility index (Phi) is 7.17. The molecule has 1 aromatic carbocycles. The van der Waals surface area contributed by atoms with Crippen molar-refractivity contribution in [2.45, 2.75) is 39.2 Å². The quantitative estimate of drug-likeness (QED) is 0.661. The second-order valence-electron chi connectivity index (χ2n) is 8.17. The number of Topliss-reactive ketones (excluding diaryl/α,β-unsaturated/α-hetero) is 1. The highest BCUT2D eigenvalue weighted by Gasteiger charge is 2.57. The van der Waals surface area contributed by atoms with Crippen LogP contribution in [0.25, 0.3) is 0 Å². The molecule has 166 valence electrons. The number of nitrogens with one attached hydrogen (secondary N) is 1. The van der Waals surface area contributed by atoms with Crippen LogP contribution in [0.3, 0.4) is 0 Å². The van der Waals surface area contributed by atoms with Crippen molar-refractivity contribution in [1.82, 2.24) is 10.2 Å². The molecule has 2 N–H and O–H groups in total. The summed E-state index contributed by atoms with van der Waals surface area (Å²) in [7, 11) is 3.02. The molecule has 0 aromatic heterocycles. The molecule has 9 nitrogen and oxygen atoms in total. The van der Waals surface area contributed by atoms with Gasteiger partial charge in [-0.1, -0.05) is 20.8 Å². The molecule has 2 rings (SSSR count). The van der Waals surface area contributed by atoms with Crippen molar-refractivity contribution in [3.63, 3.8) is 0 Å². The minimum atomic E-state index is -1.22. The van der Waals surface area contributed by atoms with Crippen molar-refractivity contribution >= 4 is 17.8 Å². The minimum absolute atomic E-state index is 0.249. The molecule has 1 atom stereocenters. The van der Waals surface area contributed by atoms with E-state index >= 15 is 0 Å². The SMILES string of the molecule is COc1ccc(OCC(=O)CNC(=O)[C@@]2(C(C)(C)C)CCCN2C(=O)O)cc1OC. The fourth-order valence-electron chi connectivity index (χ4n) is 3.88. The third kappa shape index (κ3) is 4.60. The van der Waals surface area contributed by atoms with E-state index in [0.29, 0.717) is 30.1 Å². The first-order valence-electron chi connectivity index (χ1n) is 9.72. The first kappa shape index (κ1) is 23.3. The molecule has 0 aliphatic carbocycles. The number of benzene rings is 1. The fourth-order valence-corrected chi connectivity index (χ4v) is 3.88. The molecular weight excluding hydrogens is 392 g/mol. The lowest BCUT2D eigenvalue weighted by Crippen LogP contribution is -2.64. The van der Waals surface area contributed by atoms with Gasteiger partial charge in [-0.15, -0.1) is 0 Å². The van der Waals surface area contributed by atoms with Crippen LogP contribution < -0.4 is 19.5 Å². The van der Waals surface area contributed by atoms with E-state index < -0.39 is 23.0 Å². The highest BCUT2D eigenvalue weighted by molar-refractivity contribution is 5.94. The fraction of sp³-hybridized carbons (Fsp3) is 0.571. The molecule has 9 heteroatoms. The summed E-state index contributed by atoms with van der Waals surface area (Å²) in [5, 5.41) is 12.2. The summed E-state index contributed by atoms with van der Waals surface area (Å²) >= 11 is 0. The number of ether oxygens (including phenoxy) is 3. The maximum absolute atomic E-state index is 13.0. The van der Waals surface area contributed by atoms with E-state index in [9.17, 15) is 19.5 Å². The number of hydrogen-bond donors (Lipinski definition) is 2. The van der Waals surface area contributed by atoms with Crippen molar-refractivity contribution in [2.24, 2.45) is 5.41 Å². The van der Waals surface area contributed by atoms with E-state index in [0.717, 1.165) is 0 Å². The number of carboxylic acid groups (broad SMARTS) is 1. The predicted octanol–water partition coefficient (Wildman–Crippen LogP) is 2.33. The van der Waals surface area contributed by atoms with E-state index in [-0.39, 0.29) is 25.5 Å². The van der Waals surface area contributed by atoms with Crippen LogP contribution in [0.1, 0.15) is 33.6 Å². The number of methoxy groups -OCH3 is 2. The molecule has 1 heterocycles. The number of rotatable bonds is 8. The average molecular weight is 422 g/mol. The van der Waals surface area contributed by atoms with Crippen molar-refractivity contribution < 1.29 is 33.7 Å². The van der Waals surface area contributed by atoms with Crippen LogP contribution in [0, 0.1) is 5.41 Å². The Hall–Kier alpha value is -2.97. The van der Waals surface area contributed by atoms with Crippen molar-refractivity contribution in [3.05, 3.63) is 18.2 Å². The van der Waals surface area contributed by atoms with Crippen LogP contribution in [0.2, 0.25) is 0 Å². The second kappa shape index (κ2) is 9.23. The van der Waals surface area contributed by atoms with Crippen LogP contribution in [0.4, 0.5) is 4.79 Å². The van der Waals surface area contributed by atoms with E-state index in [1.54, 1.807) is 18.2 Å². The van der Waals surface area contributed by atoms with Gasteiger partial charge in [-0.3, -0.25) is 14.5 Å². The Bertz CT molecular complexity index is 803. The number of nitrogens with zero attached hydrogens (tertiary/aromatic N) is 1. The van der Waals surface area contributed by atoms with Crippen molar-refractivity contribution in [1.29, 1.82) is 0 Å². The minimum Gasteiger partial charge on any atom is -0.493 e. The monoisotopic (exact) mass is 422 g/mol. The normalized spacial score (nSPS) is 18.6. The van der Waals surface area contributed by atoms with Gasteiger partial charge in [0.25, 0.3) is 0 Å². The summed E-state index contributed by atoms with van der Waals surface area (Å²) < 4.78 is 15.8. The smallest absolute Gasteiger partial charge is 0.408 e. The largest absolute Gasteiger partial charge is 0.493 e. The van der Waals surface area contributed by atoms with Gasteiger partial charge in [-0.05, 0) is 30.4 Å². The molecular formula is C21H30N2O7. The van der Waals surface area contributed by atoms with Gasteiger partial charge in [-0.2, -0.15) is 0 Å². The molecule has 0 unspecified atom stereocenters. The van der Waals surface area contributed by atoms with Crippen LogP contribution >= 0.6 is 0 Å². The Morgan fingerprint density at radius 3 is 2.40 bits per heavy atom. The summed E-state index contributed by atoms with van der Waals surface area (Å²) in [5.74, 6) is 0.621. The van der Waals surface area contributed by atoms with Crippen LogP contribution in [-0.4, -0.2) is 67.2 Å². The lowest BCUT2D eigenvalue weighted by molar-refractivity contribution is -0.139. The van der Waals surface area contributed by atoms with Gasteiger partial charge in [0.15, 0.2) is 17.3 Å². The maximum atomic E-state index is 13.0. The summed E-state index contributed by atoms with van der Waals surface area (Å²) in [4.78, 5) is 38.2. The molecule has 2 amide bonds. The first-order valence-corrected chi connectivity index (χ1v) is 9.72. The van der Waals surface area contributed by atoms with Gasteiger partial charge in [0.2, 0.25) is 5.91 Å². The first-order chi connectivity index (χ1) is 14.1. The Balaban J connectivity index is 1.99. The van der Waals surface area contributed by atoms with Crippen LogP contribution in [0.5, 0.6) is 17.2 Å². The zero-order valence-corrected chi connectivity index (χ0v) is 18.1. The maximum Gasteiger partial charge on any atom is 0.408 e. The average Bonchev–Trinajstić information content (AvgIpc) is 3.17. The predicted molar refractivity (Wildman–Crippen MR) is 109 cm³/mol. The molecule has 1 aromatic rings. The Morgan fingerprint density at radius 1 is 1.17 bits per heavy atom. The van der Waals surface area contributed by atoms with Gasteiger partial charge < -0.3 is 24.6 Å². The van der Waals surface area contributed by atoms with E-state index in [1.807, 2.05) is 20.8 Å². The number of ketones is 1. The second-order valence-corrected chi connectivity index (χ2v) is 8.17. The lowest BCUT2D eigenvalue weighted by atomic mass is 9.71. The summed E-state index contributed by atoms with van der Waals surface area (Å²) in [6.07, 6.45) is -0.140. The van der Waals surface area contributed by atoms with Gasteiger partial charge in [0, 0.05) is 12.6 Å². The summed E-state index contributed by atoms with van der Waals surface area (Å²) in [6.45, 7) is 5.27. The molecule has 0 spiro atoms. The number of amides is 2. The zero-order chi connectivity index (χ0) is 22.5. The van der Waals surface area contributed by atoms with Crippen LogP contribution in [0.15, 0.2) is 18.2 Å². The summed E-state index contributed by atoms with van der Waals surface area (Å²) in [6, 6.07) is 4.90. The van der Waals surface area contributed by atoms with Gasteiger partial charge in [0.1, 0.15) is 17.9 Å². The summed E-state index contributed by atoms with van der Waals surface area (Å²) in [5.41, 5.74) is -1.85. The third-order valence-corrected chi connectivity index (χ3v) is 5.43. The van der Waals surface area contributed by atoms with Crippen molar-refractivity contribution in [2.75, 3.05) is 33.9 Å². The topological polar surface area (TPSA) is 114 Å². The molecule has 1 fully saturated rings. The van der Waals surface area contributed by atoms with Crippen LogP contribution in [-0.2, 0) is 9.59 Å². The molecule has 0 saturated carbocycles. The number of likely N-dealkylation sites (tertiary alicyclic amines) is 1. The molecule has 1 aliphatic heterocycles. The number of carbonyl (C=O) groups excluding carboxylic acids is 2. The van der Waals surface area contributed by atoms with Gasteiger partial charge >= 0.3 is 6.09 Å². The molecule has 0 bridgehead atoms. The molecule has 30 heavy (non-hydrogen) atoms. The van der Waals surface area contributed by atoms with E-state index in [4.69, 9.17) is 14.2 Å². The standard InChI is InChI=1S/C21H30N2O7/c1-20(2,3)21(9-6-10-23(21)19(26)27)18(25)22-12-14(24)13-30-15-7-8-16(28-4)17(11-15)29-5/h7-8,11H,6,9-10,12-13H2,1-5H3,(H,22,25)(H,26,27)/t21-/m1/s1. The number of hydrogen-bond acceptors (Lipinski definition) is 6. The Morgan fingerprint density at radius 2 is 1.83 bits per heavy atom. The van der Waals surface area contributed by atoms with E-state index in [1.165, 1.54) is 19.1 Å². The van der Waals surface area contributed by atoms with E-state index in [2.05, 4.69) is 5.32 Å². The van der Waals surface area contributed by atoms with Gasteiger partial charge in [-0.25, -0.2) is 4.79 Å². The highest BCUT2D eigenvalue weighted by atomic mass is 16.5. The molecule has 1 aliphatic rings.